The van der Waals surface area contributed by atoms with E-state index in [4.69, 9.17) is 4.74 Å². The van der Waals surface area contributed by atoms with E-state index in [0.717, 1.165) is 30.9 Å². The van der Waals surface area contributed by atoms with Gasteiger partial charge in [-0.3, -0.25) is 9.78 Å². The molecule has 2 N–H and O–H groups in total. The van der Waals surface area contributed by atoms with Gasteiger partial charge in [-0.1, -0.05) is 0 Å². The van der Waals surface area contributed by atoms with Gasteiger partial charge in [-0.05, 0) is 57.4 Å². The minimum Gasteiger partial charge on any atom is -0.497 e. The molecule has 0 atom stereocenters. The molecular weight excluding hydrogens is 304 g/mol. The lowest BCUT2D eigenvalue weighted by molar-refractivity contribution is 0.102. The van der Waals surface area contributed by atoms with Crippen molar-refractivity contribution >= 4 is 17.3 Å². The summed E-state index contributed by atoms with van der Waals surface area (Å²) in [4.78, 5) is 18.6. The molecule has 1 amide bonds. The first kappa shape index (κ1) is 17.7. The van der Waals surface area contributed by atoms with E-state index in [-0.39, 0.29) is 5.91 Å². The van der Waals surface area contributed by atoms with E-state index in [1.54, 1.807) is 43.8 Å². The van der Waals surface area contributed by atoms with Gasteiger partial charge in [0.25, 0.3) is 5.91 Å². The topological polar surface area (TPSA) is 66.5 Å². The molecule has 0 fully saturated rings. The number of carbonyl (C=O) groups is 1. The maximum Gasteiger partial charge on any atom is 0.257 e. The summed E-state index contributed by atoms with van der Waals surface area (Å²) in [6, 6.07) is 9.01. The molecule has 0 radical (unpaired) electrons. The number of aromatic nitrogens is 1. The Morgan fingerprint density at radius 2 is 1.92 bits per heavy atom. The minimum absolute atomic E-state index is 0.190. The minimum atomic E-state index is -0.190. The van der Waals surface area contributed by atoms with E-state index in [0.29, 0.717) is 11.3 Å². The summed E-state index contributed by atoms with van der Waals surface area (Å²) in [5.74, 6) is 0.559. The monoisotopic (exact) mass is 328 g/mol. The molecule has 24 heavy (non-hydrogen) atoms. The Balaban J connectivity index is 1.92. The highest BCUT2D eigenvalue weighted by atomic mass is 16.5. The molecular formula is C18H24N4O2. The Hall–Kier alpha value is -2.60. The Kier molecular flexibility index (Phi) is 6.57. The third-order valence-electron chi connectivity index (χ3n) is 3.46. The molecule has 1 aromatic carbocycles. The van der Waals surface area contributed by atoms with Gasteiger partial charge in [0.05, 0.1) is 18.4 Å². The molecule has 0 saturated carbocycles. The predicted molar refractivity (Wildman–Crippen MR) is 96.8 cm³/mol. The number of methoxy groups -OCH3 is 1. The number of hydrogen-bond donors (Lipinski definition) is 2. The summed E-state index contributed by atoms with van der Waals surface area (Å²) in [6.45, 7) is 1.85. The van der Waals surface area contributed by atoms with Crippen LogP contribution in [0.25, 0.3) is 0 Å². The molecule has 128 valence electrons. The van der Waals surface area contributed by atoms with Gasteiger partial charge in [0.15, 0.2) is 0 Å². The lowest BCUT2D eigenvalue weighted by Gasteiger charge is -2.11. The number of ether oxygens (including phenoxy) is 1. The van der Waals surface area contributed by atoms with E-state index < -0.39 is 0 Å². The molecule has 0 aliphatic rings. The molecule has 2 aromatic rings. The van der Waals surface area contributed by atoms with Crippen molar-refractivity contribution in [1.29, 1.82) is 0 Å². The van der Waals surface area contributed by atoms with Crippen molar-refractivity contribution in [3.05, 3.63) is 48.3 Å². The first-order valence-electron chi connectivity index (χ1n) is 7.87. The smallest absolute Gasteiger partial charge is 0.257 e. The molecule has 6 nitrogen and oxygen atoms in total. The Labute approximate surface area is 142 Å². The van der Waals surface area contributed by atoms with Crippen LogP contribution in [0.2, 0.25) is 0 Å². The van der Waals surface area contributed by atoms with Crippen LogP contribution in [-0.2, 0) is 0 Å². The Morgan fingerprint density at radius 3 is 2.58 bits per heavy atom. The molecule has 0 spiro atoms. The summed E-state index contributed by atoms with van der Waals surface area (Å²) in [5.41, 5.74) is 2.07. The molecule has 1 heterocycles. The predicted octanol–water partition coefficient (Wildman–Crippen LogP) is 2.71. The fourth-order valence-corrected chi connectivity index (χ4v) is 2.17. The number of benzene rings is 1. The average Bonchev–Trinajstić information content (AvgIpc) is 2.59. The Morgan fingerprint density at radius 1 is 1.17 bits per heavy atom. The normalized spacial score (nSPS) is 10.5. The average molecular weight is 328 g/mol. The largest absolute Gasteiger partial charge is 0.497 e. The lowest BCUT2D eigenvalue weighted by atomic mass is 10.2. The zero-order valence-electron chi connectivity index (χ0n) is 14.4. The van der Waals surface area contributed by atoms with Gasteiger partial charge in [0, 0.05) is 24.6 Å². The zero-order valence-corrected chi connectivity index (χ0v) is 14.4. The van der Waals surface area contributed by atoms with Crippen LogP contribution in [0.3, 0.4) is 0 Å². The van der Waals surface area contributed by atoms with Crippen LogP contribution in [-0.4, -0.2) is 50.1 Å². The summed E-state index contributed by atoms with van der Waals surface area (Å²) in [7, 11) is 5.70. The molecule has 0 bridgehead atoms. The molecule has 0 aliphatic carbocycles. The third-order valence-corrected chi connectivity index (χ3v) is 3.46. The molecule has 0 saturated heterocycles. The van der Waals surface area contributed by atoms with Gasteiger partial charge in [-0.15, -0.1) is 0 Å². The van der Waals surface area contributed by atoms with Crippen LogP contribution >= 0.6 is 0 Å². The van der Waals surface area contributed by atoms with E-state index in [1.807, 2.05) is 20.2 Å². The van der Waals surface area contributed by atoms with Gasteiger partial charge >= 0.3 is 0 Å². The van der Waals surface area contributed by atoms with E-state index in [2.05, 4.69) is 20.5 Å². The second kappa shape index (κ2) is 8.88. The number of pyridine rings is 1. The first-order valence-corrected chi connectivity index (χ1v) is 7.87. The summed E-state index contributed by atoms with van der Waals surface area (Å²) >= 11 is 0. The van der Waals surface area contributed by atoms with Crippen molar-refractivity contribution in [1.82, 2.24) is 9.88 Å². The fraction of sp³-hybridized carbons (Fsp3) is 0.333. The third kappa shape index (κ3) is 5.55. The highest BCUT2D eigenvalue weighted by Gasteiger charge is 2.08. The van der Waals surface area contributed by atoms with Crippen molar-refractivity contribution in [2.75, 3.05) is 44.9 Å². The summed E-state index contributed by atoms with van der Waals surface area (Å²) in [6.07, 6.45) is 4.30. The Bertz CT molecular complexity index is 656. The van der Waals surface area contributed by atoms with E-state index >= 15 is 0 Å². The van der Waals surface area contributed by atoms with E-state index in [9.17, 15) is 4.79 Å². The van der Waals surface area contributed by atoms with Crippen LogP contribution in [0.5, 0.6) is 5.75 Å². The van der Waals surface area contributed by atoms with Gasteiger partial charge in [0.2, 0.25) is 0 Å². The number of anilines is 2. The fourth-order valence-electron chi connectivity index (χ4n) is 2.17. The van der Waals surface area contributed by atoms with Gasteiger partial charge in [-0.25, -0.2) is 0 Å². The first-order chi connectivity index (χ1) is 11.6. The molecule has 1 aromatic heterocycles. The van der Waals surface area contributed by atoms with Crippen LogP contribution in [0.1, 0.15) is 16.8 Å². The summed E-state index contributed by atoms with van der Waals surface area (Å²) < 4.78 is 5.10. The van der Waals surface area contributed by atoms with Crippen molar-refractivity contribution in [2.45, 2.75) is 6.42 Å². The second-order valence-electron chi connectivity index (χ2n) is 5.73. The second-order valence-corrected chi connectivity index (χ2v) is 5.73. The number of nitrogens with one attached hydrogen (secondary N) is 2. The van der Waals surface area contributed by atoms with Gasteiger partial charge in [-0.2, -0.15) is 0 Å². The van der Waals surface area contributed by atoms with Crippen molar-refractivity contribution in [2.24, 2.45) is 0 Å². The standard InChI is InChI=1S/C18H24N4O2/c1-22(2)10-4-9-20-16-11-14(12-19-13-16)18(23)21-15-5-7-17(24-3)8-6-15/h5-8,11-13,20H,4,9-10H2,1-3H3,(H,21,23). The highest BCUT2D eigenvalue weighted by Crippen LogP contribution is 2.16. The van der Waals surface area contributed by atoms with Gasteiger partial charge in [0.1, 0.15) is 5.75 Å². The lowest BCUT2D eigenvalue weighted by Crippen LogP contribution is -2.17. The van der Waals surface area contributed by atoms with Crippen LogP contribution in [0.15, 0.2) is 42.7 Å². The highest BCUT2D eigenvalue weighted by molar-refractivity contribution is 6.04. The number of nitrogens with zero attached hydrogens (tertiary/aromatic N) is 2. The van der Waals surface area contributed by atoms with Crippen LogP contribution < -0.4 is 15.4 Å². The van der Waals surface area contributed by atoms with Crippen LogP contribution in [0, 0.1) is 0 Å². The number of carbonyl (C=O) groups excluding carboxylic acids is 1. The van der Waals surface area contributed by atoms with Crippen molar-refractivity contribution in [3.63, 3.8) is 0 Å². The maximum absolute atomic E-state index is 12.3. The number of amides is 1. The van der Waals surface area contributed by atoms with Crippen molar-refractivity contribution < 1.29 is 9.53 Å². The maximum atomic E-state index is 12.3. The number of hydrogen-bond acceptors (Lipinski definition) is 5. The number of rotatable bonds is 8. The van der Waals surface area contributed by atoms with Gasteiger partial charge < -0.3 is 20.3 Å². The molecule has 2 rings (SSSR count). The quantitative estimate of drug-likeness (QED) is 0.729. The van der Waals surface area contributed by atoms with E-state index in [1.165, 1.54) is 0 Å². The molecule has 6 heteroatoms. The molecule has 0 aliphatic heterocycles. The zero-order chi connectivity index (χ0) is 17.4. The van der Waals surface area contributed by atoms with Crippen LogP contribution in [0.4, 0.5) is 11.4 Å². The SMILES string of the molecule is COc1ccc(NC(=O)c2cncc(NCCCN(C)C)c2)cc1. The summed E-state index contributed by atoms with van der Waals surface area (Å²) in [5, 5.41) is 6.14. The molecule has 0 unspecified atom stereocenters. The van der Waals surface area contributed by atoms with Crippen molar-refractivity contribution in [3.8, 4) is 5.75 Å².